The molecule has 0 aromatic rings. The molecule has 0 amide bonds. The Hall–Kier alpha value is 1.26. The first-order valence-electron chi connectivity index (χ1n) is 14.5. The molecule has 0 unspecified atom stereocenters. The van der Waals surface area contributed by atoms with Crippen molar-refractivity contribution in [1.82, 2.24) is 0 Å². The van der Waals surface area contributed by atoms with Gasteiger partial charge in [-0.15, -0.1) is 0 Å². The molecule has 0 atom stereocenters. The summed E-state index contributed by atoms with van der Waals surface area (Å²) in [6, 6.07) is 0. The van der Waals surface area contributed by atoms with Crippen molar-refractivity contribution < 1.29 is 10.2 Å². The second kappa shape index (κ2) is 20.4. The van der Waals surface area contributed by atoms with Crippen LogP contribution in [0, 0.1) is 0 Å². The summed E-state index contributed by atoms with van der Waals surface area (Å²) in [7, 11) is 0. The molecule has 0 saturated carbocycles. The second-order valence-electron chi connectivity index (χ2n) is 10.5. The Morgan fingerprint density at radius 2 is 0.594 bits per heavy atom. The molecule has 2 nitrogen and oxygen atoms in total. The van der Waals surface area contributed by atoms with Crippen molar-refractivity contribution in [1.29, 1.82) is 0 Å². The summed E-state index contributed by atoms with van der Waals surface area (Å²) in [5, 5.41) is 22.0. The average Bonchev–Trinajstić information content (AvgIpc) is 2.82. The Kier molecular flexibility index (Phi) is 21.3. The number of unbranched alkanes of at least 4 members (excludes halogenated alkanes) is 6. The van der Waals surface area contributed by atoms with Gasteiger partial charge in [0.1, 0.15) is 0 Å². The molecule has 0 aliphatic heterocycles. The molecule has 0 aliphatic carbocycles. The molecular formula is C28H60O2Sn2. The molecule has 0 aromatic heterocycles. The number of hydrogen-bond donors (Lipinski definition) is 2. The van der Waals surface area contributed by atoms with Crippen LogP contribution >= 0.6 is 0 Å². The van der Waals surface area contributed by atoms with Crippen molar-refractivity contribution in [3.8, 4) is 0 Å². The zero-order valence-corrected chi connectivity index (χ0v) is 28.7. The quantitative estimate of drug-likeness (QED) is 0.113. The van der Waals surface area contributed by atoms with Gasteiger partial charge in [-0.3, -0.25) is 0 Å². The summed E-state index contributed by atoms with van der Waals surface area (Å²) in [5.41, 5.74) is 0. The van der Waals surface area contributed by atoms with Crippen molar-refractivity contribution in [2.75, 3.05) is 13.2 Å². The van der Waals surface area contributed by atoms with E-state index in [2.05, 4.69) is 41.5 Å². The Morgan fingerprint density at radius 1 is 0.406 bits per heavy atom. The maximum absolute atomic E-state index is 11.0. The van der Waals surface area contributed by atoms with E-state index in [9.17, 15) is 10.2 Å². The first kappa shape index (κ1) is 33.3. The van der Waals surface area contributed by atoms with E-state index < -0.39 is 36.8 Å². The molecule has 0 spiro atoms. The third-order valence-electron chi connectivity index (χ3n) is 8.01. The van der Waals surface area contributed by atoms with Crippen LogP contribution in [0.1, 0.15) is 119 Å². The molecule has 0 saturated heterocycles. The molecule has 0 aromatic carbocycles. The Bertz CT molecular complexity index is 391. The van der Waals surface area contributed by atoms with Crippen LogP contribution in [-0.4, -0.2) is 60.2 Å². The van der Waals surface area contributed by atoms with E-state index in [-0.39, 0.29) is 13.2 Å². The van der Waals surface area contributed by atoms with E-state index in [0.717, 1.165) is 0 Å². The summed E-state index contributed by atoms with van der Waals surface area (Å²) >= 11 is -5.49. The predicted octanol–water partition coefficient (Wildman–Crippen LogP) is 9.04. The minimum atomic E-state index is -2.74. The third kappa shape index (κ3) is 10.9. The van der Waals surface area contributed by atoms with E-state index in [4.69, 9.17) is 0 Å². The summed E-state index contributed by atoms with van der Waals surface area (Å²) < 4.78 is 11.5. The van der Waals surface area contributed by atoms with Gasteiger partial charge in [0.25, 0.3) is 0 Å². The Labute approximate surface area is 211 Å². The monoisotopic (exact) mass is 668 g/mol. The van der Waals surface area contributed by atoms with Crippen molar-refractivity contribution >= 4 is 36.8 Å². The van der Waals surface area contributed by atoms with Crippen LogP contribution in [0.15, 0.2) is 7.18 Å². The van der Waals surface area contributed by atoms with Gasteiger partial charge < -0.3 is 0 Å². The topological polar surface area (TPSA) is 40.5 Å². The van der Waals surface area contributed by atoms with E-state index in [1.54, 1.807) is 7.18 Å². The van der Waals surface area contributed by atoms with Crippen LogP contribution in [-0.2, 0) is 0 Å². The van der Waals surface area contributed by atoms with Gasteiger partial charge >= 0.3 is 213 Å². The molecule has 2 N–H and O–H groups in total. The number of hydrogen-bond acceptors (Lipinski definition) is 2. The molecule has 0 rings (SSSR count). The molecule has 0 fully saturated rings. The van der Waals surface area contributed by atoms with Crippen LogP contribution in [0.3, 0.4) is 0 Å². The van der Waals surface area contributed by atoms with Crippen LogP contribution in [0.2, 0.25) is 26.6 Å². The molecule has 0 aliphatic rings. The van der Waals surface area contributed by atoms with Gasteiger partial charge in [0.2, 0.25) is 0 Å². The van der Waals surface area contributed by atoms with Gasteiger partial charge in [-0.05, 0) is 0 Å². The molecule has 0 radical (unpaired) electrons. The van der Waals surface area contributed by atoms with Crippen LogP contribution < -0.4 is 0 Å². The minimum absolute atomic E-state index is 0.270. The summed E-state index contributed by atoms with van der Waals surface area (Å²) in [4.78, 5) is 0. The van der Waals surface area contributed by atoms with Crippen LogP contribution in [0.25, 0.3) is 0 Å². The Morgan fingerprint density at radius 3 is 0.719 bits per heavy atom. The van der Waals surface area contributed by atoms with Crippen LogP contribution in [0.4, 0.5) is 0 Å². The zero-order chi connectivity index (χ0) is 24.3. The predicted molar refractivity (Wildman–Crippen MR) is 151 cm³/mol. The molecule has 192 valence electrons. The van der Waals surface area contributed by atoms with Crippen LogP contribution in [0.5, 0.6) is 0 Å². The SMILES string of the molecule is CCC[CH2][Sn]([CH2]CCC)([CH2]CCC)/[C](CO)=[C](/CO)[Sn]([CH2]CCC)([CH2]CCC)[CH2]CCC. The molecule has 4 heteroatoms. The number of aliphatic hydroxyl groups is 2. The van der Waals surface area contributed by atoms with E-state index in [0.29, 0.717) is 0 Å². The summed E-state index contributed by atoms with van der Waals surface area (Å²) in [6.45, 7) is 14.5. The van der Waals surface area contributed by atoms with Gasteiger partial charge in [-0.2, -0.15) is 0 Å². The molecule has 0 bridgehead atoms. The second-order valence-corrected chi connectivity index (χ2v) is 37.1. The van der Waals surface area contributed by atoms with Crippen molar-refractivity contribution in [2.24, 2.45) is 0 Å². The van der Waals surface area contributed by atoms with Gasteiger partial charge in [-0.1, -0.05) is 0 Å². The fraction of sp³-hybridized carbons (Fsp3) is 0.929. The van der Waals surface area contributed by atoms with Crippen molar-refractivity contribution in [3.05, 3.63) is 7.18 Å². The molecule has 0 heterocycles. The zero-order valence-electron chi connectivity index (χ0n) is 23.0. The first-order valence-corrected chi connectivity index (χ1v) is 29.4. The fourth-order valence-corrected chi connectivity index (χ4v) is 49.2. The van der Waals surface area contributed by atoms with Gasteiger partial charge in [-0.25, -0.2) is 0 Å². The van der Waals surface area contributed by atoms with E-state index in [1.807, 2.05) is 0 Å². The Balaban J connectivity index is 6.82. The fourth-order valence-electron chi connectivity index (χ4n) is 5.91. The summed E-state index contributed by atoms with van der Waals surface area (Å²) in [5.74, 6) is 0. The standard InChI is InChI=1S/C4H6O2.6C4H9.2Sn/c5-3-1-2-4-6;6*1-3-4-2;;/h5-6H,3-4H2;6*1,3-4H2,2H3;;. The van der Waals surface area contributed by atoms with Crippen molar-refractivity contribution in [2.45, 2.75) is 145 Å². The molecular weight excluding hydrogens is 606 g/mol. The van der Waals surface area contributed by atoms with Crippen molar-refractivity contribution in [3.63, 3.8) is 0 Å². The number of aliphatic hydroxyl groups excluding tert-OH is 2. The first-order chi connectivity index (χ1) is 15.5. The van der Waals surface area contributed by atoms with Gasteiger partial charge in [0.05, 0.1) is 0 Å². The van der Waals surface area contributed by atoms with Gasteiger partial charge in [0.15, 0.2) is 0 Å². The van der Waals surface area contributed by atoms with E-state index >= 15 is 0 Å². The average molecular weight is 666 g/mol. The number of rotatable bonds is 22. The normalized spacial score (nSPS) is 13.5. The molecule has 32 heavy (non-hydrogen) atoms. The summed E-state index contributed by atoms with van der Waals surface area (Å²) in [6.07, 6.45) is 15.5. The van der Waals surface area contributed by atoms with Gasteiger partial charge in [0, 0.05) is 0 Å². The van der Waals surface area contributed by atoms with E-state index in [1.165, 1.54) is 104 Å². The maximum atomic E-state index is 11.0. The third-order valence-corrected chi connectivity index (χ3v) is 42.4.